The molecule has 1 atom stereocenters. The Morgan fingerprint density at radius 1 is 1.22 bits per heavy atom. The first-order chi connectivity index (χ1) is 13.2. The number of para-hydroxylation sites is 2. The normalized spacial score (nSPS) is 21.7. The van der Waals surface area contributed by atoms with Crippen LogP contribution < -0.4 is 5.32 Å². The van der Waals surface area contributed by atoms with Gasteiger partial charge < -0.3 is 14.6 Å². The lowest BCUT2D eigenvalue weighted by molar-refractivity contribution is -0.123. The molecular weight excluding hydrogens is 342 g/mol. The molecule has 0 saturated carbocycles. The number of nitrogens with zero attached hydrogens (tertiary/aromatic N) is 4. The maximum atomic E-state index is 12.1. The van der Waals surface area contributed by atoms with Crippen LogP contribution in [0.2, 0.25) is 0 Å². The number of aromatic nitrogens is 2. The molecule has 0 unspecified atom stereocenters. The predicted octanol–water partition coefficient (Wildman–Crippen LogP) is 0.986. The van der Waals surface area contributed by atoms with Crippen molar-refractivity contribution in [2.45, 2.75) is 25.5 Å². The minimum absolute atomic E-state index is 0.106. The highest BCUT2D eigenvalue weighted by Crippen LogP contribution is 2.16. The summed E-state index contributed by atoms with van der Waals surface area (Å²) in [5.41, 5.74) is 2.23. The fourth-order valence-corrected chi connectivity index (χ4v) is 3.93. The first-order valence-electron chi connectivity index (χ1n) is 9.92. The van der Waals surface area contributed by atoms with Crippen molar-refractivity contribution >= 4 is 16.9 Å². The summed E-state index contributed by atoms with van der Waals surface area (Å²) in [5, 5.41) is 3.01. The lowest BCUT2D eigenvalue weighted by atomic mass is 10.2. The Hall–Kier alpha value is -1.96. The van der Waals surface area contributed by atoms with Gasteiger partial charge in [0.2, 0.25) is 5.91 Å². The molecule has 27 heavy (non-hydrogen) atoms. The van der Waals surface area contributed by atoms with Gasteiger partial charge in [-0.25, -0.2) is 4.98 Å². The van der Waals surface area contributed by atoms with Gasteiger partial charge >= 0.3 is 0 Å². The van der Waals surface area contributed by atoms with Crippen LogP contribution in [0.15, 0.2) is 24.3 Å². The predicted molar refractivity (Wildman–Crippen MR) is 104 cm³/mol. The Morgan fingerprint density at radius 2 is 2.00 bits per heavy atom. The summed E-state index contributed by atoms with van der Waals surface area (Å²) in [6, 6.07) is 8.25. The summed E-state index contributed by atoms with van der Waals surface area (Å²) in [5.74, 6) is 1.20. The topological polar surface area (TPSA) is 62.6 Å². The van der Waals surface area contributed by atoms with Gasteiger partial charge in [-0.1, -0.05) is 12.1 Å². The Bertz CT molecular complexity index is 776. The van der Waals surface area contributed by atoms with E-state index >= 15 is 0 Å². The lowest BCUT2D eigenvalue weighted by Gasteiger charge is -2.34. The fraction of sp³-hybridized carbons (Fsp3) is 0.600. The number of fused-ring (bicyclic) bond motifs is 1. The van der Waals surface area contributed by atoms with Crippen LogP contribution in [0.5, 0.6) is 0 Å². The molecule has 2 fully saturated rings. The molecule has 4 rings (SSSR count). The number of nitrogens with one attached hydrogen (secondary N) is 1. The van der Waals surface area contributed by atoms with Crippen molar-refractivity contribution in [1.82, 2.24) is 24.7 Å². The minimum atomic E-state index is 0.106. The smallest absolute Gasteiger partial charge is 0.234 e. The number of rotatable bonds is 6. The van der Waals surface area contributed by atoms with Crippen molar-refractivity contribution < 1.29 is 9.53 Å². The van der Waals surface area contributed by atoms with Gasteiger partial charge in [0, 0.05) is 46.4 Å². The van der Waals surface area contributed by atoms with Gasteiger partial charge in [-0.05, 0) is 25.0 Å². The number of amides is 1. The number of ether oxygens (including phenoxy) is 1. The summed E-state index contributed by atoms with van der Waals surface area (Å²) in [6.07, 6.45) is 2.37. The highest BCUT2D eigenvalue weighted by molar-refractivity contribution is 5.78. The Balaban J connectivity index is 1.22. The third kappa shape index (κ3) is 4.48. The molecular formula is C20H29N5O2. The maximum Gasteiger partial charge on any atom is 0.234 e. The molecule has 1 N–H and O–H groups in total. The van der Waals surface area contributed by atoms with Crippen molar-refractivity contribution in [3.8, 4) is 0 Å². The number of carbonyl (C=O) groups excluding carboxylic acids is 1. The molecule has 1 amide bonds. The largest absolute Gasteiger partial charge is 0.376 e. The van der Waals surface area contributed by atoms with E-state index < -0.39 is 0 Å². The zero-order valence-electron chi connectivity index (χ0n) is 16.1. The second kappa shape index (κ2) is 8.37. The second-order valence-electron chi connectivity index (χ2n) is 7.57. The Labute approximate surface area is 160 Å². The zero-order valence-corrected chi connectivity index (χ0v) is 16.1. The lowest BCUT2D eigenvalue weighted by Crippen LogP contribution is -2.49. The van der Waals surface area contributed by atoms with Crippen molar-refractivity contribution in [2.75, 3.05) is 45.9 Å². The molecule has 0 aliphatic carbocycles. The number of hydrogen-bond acceptors (Lipinski definition) is 5. The summed E-state index contributed by atoms with van der Waals surface area (Å²) < 4.78 is 7.73. The maximum absolute atomic E-state index is 12.1. The molecule has 146 valence electrons. The first-order valence-corrected chi connectivity index (χ1v) is 9.92. The van der Waals surface area contributed by atoms with E-state index in [9.17, 15) is 4.79 Å². The summed E-state index contributed by atoms with van der Waals surface area (Å²) in [6.45, 7) is 6.55. The molecule has 7 heteroatoms. The van der Waals surface area contributed by atoms with Crippen LogP contribution in [0.25, 0.3) is 11.0 Å². The van der Waals surface area contributed by atoms with Crippen molar-refractivity contribution in [3.05, 3.63) is 30.1 Å². The highest BCUT2D eigenvalue weighted by Gasteiger charge is 2.21. The number of aryl methyl sites for hydroxylation is 1. The second-order valence-corrected chi connectivity index (χ2v) is 7.57. The van der Waals surface area contributed by atoms with E-state index in [1.165, 1.54) is 5.52 Å². The summed E-state index contributed by atoms with van der Waals surface area (Å²) in [4.78, 5) is 21.6. The van der Waals surface area contributed by atoms with Gasteiger partial charge in [-0.2, -0.15) is 0 Å². The molecule has 7 nitrogen and oxygen atoms in total. The number of imidazole rings is 1. The average Bonchev–Trinajstić information content (AvgIpc) is 3.31. The number of piperazine rings is 1. The van der Waals surface area contributed by atoms with Crippen molar-refractivity contribution in [2.24, 2.45) is 7.05 Å². The van der Waals surface area contributed by atoms with Crippen LogP contribution in [-0.4, -0.2) is 77.2 Å². The molecule has 0 radical (unpaired) electrons. The van der Waals surface area contributed by atoms with Gasteiger partial charge in [-0.15, -0.1) is 0 Å². The van der Waals surface area contributed by atoms with Crippen LogP contribution >= 0.6 is 0 Å². The molecule has 1 aromatic carbocycles. The van der Waals surface area contributed by atoms with Gasteiger partial charge in [0.1, 0.15) is 5.82 Å². The molecule has 3 heterocycles. The number of benzene rings is 1. The molecule has 2 aliphatic heterocycles. The minimum Gasteiger partial charge on any atom is -0.376 e. The number of carbonyl (C=O) groups is 1. The van der Waals surface area contributed by atoms with Gasteiger partial charge in [0.15, 0.2) is 0 Å². The molecule has 2 aromatic rings. The average molecular weight is 371 g/mol. The van der Waals surface area contributed by atoms with E-state index in [4.69, 9.17) is 9.72 Å². The third-order valence-electron chi connectivity index (χ3n) is 5.63. The Kier molecular flexibility index (Phi) is 5.71. The van der Waals surface area contributed by atoms with E-state index in [1.807, 2.05) is 6.07 Å². The molecule has 2 aliphatic rings. The quantitative estimate of drug-likeness (QED) is 0.820. The molecule has 0 bridgehead atoms. The van der Waals surface area contributed by atoms with Gasteiger partial charge in [0.05, 0.1) is 30.2 Å². The van der Waals surface area contributed by atoms with E-state index in [-0.39, 0.29) is 12.0 Å². The SMILES string of the molecule is Cn1c(CN2CCN(CC(=O)NC[C@H]3CCCO3)CC2)nc2ccccc21. The van der Waals surface area contributed by atoms with Gasteiger partial charge in [0.25, 0.3) is 0 Å². The first kappa shape index (κ1) is 18.4. The summed E-state index contributed by atoms with van der Waals surface area (Å²) >= 11 is 0. The van der Waals surface area contributed by atoms with Crippen LogP contribution in [0.1, 0.15) is 18.7 Å². The fourth-order valence-electron chi connectivity index (χ4n) is 3.93. The van der Waals surface area contributed by atoms with Crippen molar-refractivity contribution in [1.29, 1.82) is 0 Å². The van der Waals surface area contributed by atoms with E-state index in [1.54, 1.807) is 0 Å². The van der Waals surface area contributed by atoms with E-state index in [0.29, 0.717) is 13.1 Å². The van der Waals surface area contributed by atoms with Crippen LogP contribution in [0, 0.1) is 0 Å². The Morgan fingerprint density at radius 3 is 2.74 bits per heavy atom. The van der Waals surface area contributed by atoms with E-state index in [0.717, 1.165) is 63.5 Å². The van der Waals surface area contributed by atoms with Crippen LogP contribution in [0.3, 0.4) is 0 Å². The van der Waals surface area contributed by atoms with Crippen molar-refractivity contribution in [3.63, 3.8) is 0 Å². The molecule has 0 spiro atoms. The standard InChI is InChI=1S/C20H29N5O2/c1-23-18-7-3-2-6-17(18)22-19(23)14-24-8-10-25(11-9-24)15-20(26)21-13-16-5-4-12-27-16/h2-3,6-7,16H,4-5,8-15H2,1H3,(H,21,26)/t16-/m1/s1. The highest BCUT2D eigenvalue weighted by atomic mass is 16.5. The molecule has 1 aromatic heterocycles. The number of hydrogen-bond donors (Lipinski definition) is 1. The zero-order chi connectivity index (χ0) is 18.6. The van der Waals surface area contributed by atoms with Crippen LogP contribution in [0.4, 0.5) is 0 Å². The van der Waals surface area contributed by atoms with Crippen LogP contribution in [-0.2, 0) is 23.1 Å². The third-order valence-corrected chi connectivity index (χ3v) is 5.63. The molecule has 2 saturated heterocycles. The monoisotopic (exact) mass is 371 g/mol. The van der Waals surface area contributed by atoms with E-state index in [2.05, 4.69) is 44.9 Å². The summed E-state index contributed by atoms with van der Waals surface area (Å²) in [7, 11) is 2.08. The van der Waals surface area contributed by atoms with Gasteiger partial charge in [-0.3, -0.25) is 14.6 Å².